The van der Waals surface area contributed by atoms with E-state index in [2.05, 4.69) is 10.1 Å². The third-order valence-electron chi connectivity index (χ3n) is 2.98. The van der Waals surface area contributed by atoms with Crippen LogP contribution in [0.4, 0.5) is 5.88 Å². The zero-order chi connectivity index (χ0) is 12.7. The highest BCUT2D eigenvalue weighted by atomic mass is 16.5. The number of nitrogens with two attached hydrogens (primary N) is 1. The number of methoxy groups -OCH3 is 1. The van der Waals surface area contributed by atoms with Crippen LogP contribution in [0.15, 0.2) is 28.8 Å². The van der Waals surface area contributed by atoms with Crippen LogP contribution in [-0.4, -0.2) is 17.3 Å². The molecular weight excluding hydrogens is 230 g/mol. The molecule has 0 saturated carbocycles. The molecule has 0 saturated heterocycles. The van der Waals surface area contributed by atoms with Crippen molar-refractivity contribution in [3.63, 3.8) is 0 Å². The van der Waals surface area contributed by atoms with Crippen molar-refractivity contribution in [1.82, 2.24) is 10.1 Å². The standard InChI is InChI=1S/C13H13N3O2/c1-7-13(11-6-12(14)18-16-11)9-5-8(17-2)3-4-10(9)15-7/h3-6,15H,14H2,1-2H3. The van der Waals surface area contributed by atoms with Gasteiger partial charge in [0.25, 0.3) is 0 Å². The van der Waals surface area contributed by atoms with Gasteiger partial charge in [-0.05, 0) is 25.1 Å². The molecule has 18 heavy (non-hydrogen) atoms. The smallest absolute Gasteiger partial charge is 0.222 e. The molecule has 0 aliphatic rings. The predicted molar refractivity (Wildman–Crippen MR) is 69.5 cm³/mol. The molecular formula is C13H13N3O2. The molecule has 0 aliphatic carbocycles. The average molecular weight is 243 g/mol. The fourth-order valence-electron chi connectivity index (χ4n) is 2.17. The number of H-pyrrole nitrogens is 1. The van der Waals surface area contributed by atoms with Gasteiger partial charge in [0.2, 0.25) is 5.88 Å². The zero-order valence-corrected chi connectivity index (χ0v) is 10.2. The molecule has 0 unspecified atom stereocenters. The Bertz CT molecular complexity index is 712. The van der Waals surface area contributed by atoms with Gasteiger partial charge in [0, 0.05) is 28.2 Å². The Labute approximate surface area is 104 Å². The summed E-state index contributed by atoms with van der Waals surface area (Å²) in [5, 5.41) is 5.01. The Kier molecular flexibility index (Phi) is 2.26. The van der Waals surface area contributed by atoms with Gasteiger partial charge in [-0.2, -0.15) is 0 Å². The number of rotatable bonds is 2. The maximum atomic E-state index is 5.57. The molecule has 3 rings (SSSR count). The van der Waals surface area contributed by atoms with Crippen LogP contribution in [0.2, 0.25) is 0 Å². The van der Waals surface area contributed by atoms with Crippen LogP contribution < -0.4 is 10.5 Å². The third kappa shape index (κ3) is 1.52. The van der Waals surface area contributed by atoms with Crippen LogP contribution in [-0.2, 0) is 0 Å². The van der Waals surface area contributed by atoms with Crippen molar-refractivity contribution >= 4 is 16.8 Å². The van der Waals surface area contributed by atoms with Gasteiger partial charge in [0.1, 0.15) is 11.4 Å². The van der Waals surface area contributed by atoms with Crippen molar-refractivity contribution in [2.24, 2.45) is 0 Å². The van der Waals surface area contributed by atoms with Crippen LogP contribution in [0.5, 0.6) is 5.75 Å². The summed E-state index contributed by atoms with van der Waals surface area (Å²) >= 11 is 0. The van der Waals surface area contributed by atoms with Gasteiger partial charge in [0.05, 0.1) is 7.11 Å². The van der Waals surface area contributed by atoms with E-state index in [1.54, 1.807) is 13.2 Å². The van der Waals surface area contributed by atoms with E-state index in [1.807, 2.05) is 25.1 Å². The van der Waals surface area contributed by atoms with Gasteiger partial charge in [-0.25, -0.2) is 0 Å². The van der Waals surface area contributed by atoms with E-state index in [0.717, 1.165) is 33.6 Å². The largest absolute Gasteiger partial charge is 0.497 e. The molecule has 0 atom stereocenters. The number of nitrogens with one attached hydrogen (secondary N) is 1. The second-order valence-corrected chi connectivity index (χ2v) is 4.15. The number of hydrogen-bond donors (Lipinski definition) is 2. The first kappa shape index (κ1) is 10.7. The lowest BCUT2D eigenvalue weighted by molar-refractivity contribution is 0.415. The lowest BCUT2D eigenvalue weighted by Crippen LogP contribution is -1.82. The molecule has 3 N–H and O–H groups in total. The van der Waals surface area contributed by atoms with Crippen LogP contribution in [0, 0.1) is 6.92 Å². The number of nitrogen functional groups attached to an aromatic ring is 1. The van der Waals surface area contributed by atoms with Crippen molar-refractivity contribution < 1.29 is 9.26 Å². The van der Waals surface area contributed by atoms with Gasteiger partial charge in [-0.3, -0.25) is 0 Å². The quantitative estimate of drug-likeness (QED) is 0.725. The van der Waals surface area contributed by atoms with Gasteiger partial charge in [-0.15, -0.1) is 0 Å². The van der Waals surface area contributed by atoms with Crippen LogP contribution in [0.25, 0.3) is 22.2 Å². The maximum Gasteiger partial charge on any atom is 0.222 e. The SMILES string of the molecule is COc1ccc2[nH]c(C)c(-c3cc(N)on3)c2c1. The Balaban J connectivity index is 2.29. The Morgan fingerprint density at radius 1 is 1.33 bits per heavy atom. The van der Waals surface area contributed by atoms with Gasteiger partial charge < -0.3 is 20.0 Å². The predicted octanol–water partition coefficient (Wildman–Crippen LogP) is 2.72. The lowest BCUT2D eigenvalue weighted by Gasteiger charge is -2.00. The molecule has 2 aromatic heterocycles. The number of aromatic amines is 1. The highest BCUT2D eigenvalue weighted by Crippen LogP contribution is 2.34. The van der Waals surface area contributed by atoms with Crippen molar-refractivity contribution in [1.29, 1.82) is 0 Å². The molecule has 2 heterocycles. The maximum absolute atomic E-state index is 5.57. The summed E-state index contributed by atoms with van der Waals surface area (Å²) in [7, 11) is 1.65. The first-order valence-corrected chi connectivity index (χ1v) is 5.58. The first-order chi connectivity index (χ1) is 8.69. The fourth-order valence-corrected chi connectivity index (χ4v) is 2.17. The van der Waals surface area contributed by atoms with Crippen molar-refractivity contribution in [2.75, 3.05) is 12.8 Å². The molecule has 5 heteroatoms. The molecule has 0 bridgehead atoms. The summed E-state index contributed by atoms with van der Waals surface area (Å²) in [5.74, 6) is 1.11. The number of hydrogen-bond acceptors (Lipinski definition) is 4. The van der Waals surface area contributed by atoms with Gasteiger partial charge >= 0.3 is 0 Å². The van der Waals surface area contributed by atoms with E-state index in [-0.39, 0.29) is 0 Å². The summed E-state index contributed by atoms with van der Waals surface area (Å²) in [6.07, 6.45) is 0. The summed E-state index contributed by atoms with van der Waals surface area (Å²) < 4.78 is 10.2. The third-order valence-corrected chi connectivity index (χ3v) is 2.98. The van der Waals surface area contributed by atoms with Gasteiger partial charge in [-0.1, -0.05) is 5.16 Å². The molecule has 5 nitrogen and oxygen atoms in total. The number of anilines is 1. The zero-order valence-electron chi connectivity index (χ0n) is 10.2. The Morgan fingerprint density at radius 2 is 2.17 bits per heavy atom. The summed E-state index contributed by atoms with van der Waals surface area (Å²) in [5.41, 5.74) is 9.34. The molecule has 0 aliphatic heterocycles. The van der Waals surface area contributed by atoms with Crippen molar-refractivity contribution in [3.05, 3.63) is 30.0 Å². The van der Waals surface area contributed by atoms with E-state index in [9.17, 15) is 0 Å². The van der Waals surface area contributed by atoms with E-state index in [1.165, 1.54) is 0 Å². The summed E-state index contributed by atoms with van der Waals surface area (Å²) in [6.45, 7) is 1.99. The second kappa shape index (κ2) is 3.80. The molecule has 1 aromatic carbocycles. The minimum atomic E-state index is 0.307. The number of benzene rings is 1. The van der Waals surface area contributed by atoms with Crippen molar-refractivity contribution in [3.8, 4) is 17.0 Å². The number of fused-ring (bicyclic) bond motifs is 1. The highest BCUT2D eigenvalue weighted by molar-refractivity contribution is 5.97. The molecule has 92 valence electrons. The first-order valence-electron chi connectivity index (χ1n) is 5.58. The number of ether oxygens (including phenoxy) is 1. The fraction of sp³-hybridized carbons (Fsp3) is 0.154. The molecule has 0 radical (unpaired) electrons. The van der Waals surface area contributed by atoms with E-state index in [0.29, 0.717) is 5.88 Å². The van der Waals surface area contributed by atoms with Gasteiger partial charge in [0.15, 0.2) is 0 Å². The monoisotopic (exact) mass is 243 g/mol. The second-order valence-electron chi connectivity index (χ2n) is 4.15. The number of aryl methyl sites for hydroxylation is 1. The summed E-state index contributed by atoms with van der Waals surface area (Å²) in [6, 6.07) is 7.58. The Hall–Kier alpha value is -2.43. The van der Waals surface area contributed by atoms with E-state index < -0.39 is 0 Å². The van der Waals surface area contributed by atoms with Crippen molar-refractivity contribution in [2.45, 2.75) is 6.92 Å². The van der Waals surface area contributed by atoms with E-state index >= 15 is 0 Å². The minimum absolute atomic E-state index is 0.307. The minimum Gasteiger partial charge on any atom is -0.497 e. The highest BCUT2D eigenvalue weighted by Gasteiger charge is 2.14. The summed E-state index contributed by atoms with van der Waals surface area (Å²) in [4.78, 5) is 3.31. The molecule has 0 fully saturated rings. The molecule has 3 aromatic rings. The van der Waals surface area contributed by atoms with Crippen LogP contribution in [0.1, 0.15) is 5.69 Å². The molecule has 0 amide bonds. The van der Waals surface area contributed by atoms with E-state index in [4.69, 9.17) is 15.0 Å². The topological polar surface area (TPSA) is 77.1 Å². The lowest BCUT2D eigenvalue weighted by atomic mass is 10.1. The number of aromatic nitrogens is 2. The number of nitrogens with zero attached hydrogens (tertiary/aromatic N) is 1. The molecule has 0 spiro atoms. The normalized spacial score (nSPS) is 11.0. The Morgan fingerprint density at radius 3 is 2.83 bits per heavy atom. The average Bonchev–Trinajstić information content (AvgIpc) is 2.90. The van der Waals surface area contributed by atoms with Crippen LogP contribution in [0.3, 0.4) is 0 Å². The van der Waals surface area contributed by atoms with Crippen LogP contribution >= 0.6 is 0 Å².